The monoisotopic (exact) mass is 357 g/mol. The number of hydrogen-bond donors (Lipinski definition) is 2. The second kappa shape index (κ2) is 6.44. The molecule has 27 heavy (non-hydrogen) atoms. The number of anilines is 1. The van der Waals surface area contributed by atoms with Crippen molar-refractivity contribution in [2.45, 2.75) is 12.5 Å². The van der Waals surface area contributed by atoms with E-state index in [2.05, 4.69) is 36.1 Å². The van der Waals surface area contributed by atoms with E-state index in [1.165, 1.54) is 0 Å². The third-order valence-corrected chi connectivity index (χ3v) is 4.97. The highest BCUT2D eigenvalue weighted by molar-refractivity contribution is 5.94. The standard InChI is InChI=1S/C20H19N7/c21-15-5-7-27(12-15)19-4-3-14(10-24-19)20-16-8-17(13-2-1-6-22-9-13)23-11-18(16)25-26-20/h1-4,6,8-11,15H,5,7,12,21H2,(H,25,26)/t15-/m1/s1. The molecule has 0 amide bonds. The molecule has 3 N–H and O–H groups in total. The molecule has 1 aliphatic heterocycles. The molecule has 7 nitrogen and oxygen atoms in total. The van der Waals surface area contributed by atoms with Gasteiger partial charge in [-0.3, -0.25) is 15.1 Å². The van der Waals surface area contributed by atoms with Gasteiger partial charge in [-0.05, 0) is 36.8 Å². The van der Waals surface area contributed by atoms with Gasteiger partial charge in [-0.15, -0.1) is 0 Å². The first-order chi connectivity index (χ1) is 13.3. The third-order valence-electron chi connectivity index (χ3n) is 4.97. The summed E-state index contributed by atoms with van der Waals surface area (Å²) in [5, 5.41) is 8.56. The van der Waals surface area contributed by atoms with Crippen LogP contribution in [0.2, 0.25) is 0 Å². The van der Waals surface area contributed by atoms with Crippen LogP contribution >= 0.6 is 0 Å². The maximum absolute atomic E-state index is 6.00. The Morgan fingerprint density at radius 2 is 2.04 bits per heavy atom. The topological polar surface area (TPSA) is 96.6 Å². The second-order valence-corrected chi connectivity index (χ2v) is 6.83. The fourth-order valence-corrected chi connectivity index (χ4v) is 3.52. The summed E-state index contributed by atoms with van der Waals surface area (Å²) in [6.45, 7) is 1.82. The van der Waals surface area contributed by atoms with Crippen molar-refractivity contribution in [3.05, 3.63) is 55.1 Å². The van der Waals surface area contributed by atoms with Crippen LogP contribution in [-0.4, -0.2) is 44.3 Å². The maximum atomic E-state index is 6.00. The van der Waals surface area contributed by atoms with Crippen molar-refractivity contribution in [2.24, 2.45) is 5.73 Å². The van der Waals surface area contributed by atoms with E-state index in [4.69, 9.17) is 5.73 Å². The Kier molecular flexibility index (Phi) is 3.79. The van der Waals surface area contributed by atoms with E-state index < -0.39 is 0 Å². The predicted molar refractivity (Wildman–Crippen MR) is 105 cm³/mol. The minimum atomic E-state index is 0.236. The molecule has 7 heteroatoms. The zero-order valence-electron chi connectivity index (χ0n) is 14.7. The quantitative estimate of drug-likeness (QED) is 0.585. The molecular weight excluding hydrogens is 338 g/mol. The number of nitrogens with one attached hydrogen (secondary N) is 1. The summed E-state index contributed by atoms with van der Waals surface area (Å²) >= 11 is 0. The van der Waals surface area contributed by atoms with Gasteiger partial charge in [0.05, 0.1) is 17.4 Å². The first-order valence-corrected chi connectivity index (χ1v) is 8.99. The molecule has 1 saturated heterocycles. The van der Waals surface area contributed by atoms with Crippen molar-refractivity contribution in [3.63, 3.8) is 0 Å². The van der Waals surface area contributed by atoms with Gasteiger partial charge in [0, 0.05) is 54.2 Å². The molecule has 4 aromatic rings. The predicted octanol–water partition coefficient (Wildman–Crippen LogP) is 2.62. The fraction of sp³-hybridized carbons (Fsp3) is 0.200. The number of nitrogens with zero attached hydrogens (tertiary/aromatic N) is 5. The smallest absolute Gasteiger partial charge is 0.128 e. The number of rotatable bonds is 3. The lowest BCUT2D eigenvalue weighted by molar-refractivity contribution is 0.751. The van der Waals surface area contributed by atoms with Crippen molar-refractivity contribution >= 4 is 16.7 Å². The Bertz CT molecular complexity index is 1070. The van der Waals surface area contributed by atoms with Crippen LogP contribution in [0.25, 0.3) is 33.4 Å². The van der Waals surface area contributed by atoms with Crippen molar-refractivity contribution in [1.82, 2.24) is 25.1 Å². The van der Waals surface area contributed by atoms with Gasteiger partial charge in [0.15, 0.2) is 0 Å². The van der Waals surface area contributed by atoms with Crippen LogP contribution < -0.4 is 10.6 Å². The van der Waals surface area contributed by atoms with Crippen LogP contribution in [0.4, 0.5) is 5.82 Å². The molecule has 0 unspecified atom stereocenters. The Morgan fingerprint density at radius 1 is 1.07 bits per heavy atom. The molecule has 1 fully saturated rings. The number of hydrogen-bond acceptors (Lipinski definition) is 6. The Morgan fingerprint density at radius 3 is 2.78 bits per heavy atom. The molecule has 4 aromatic heterocycles. The number of aromatic nitrogens is 5. The van der Waals surface area contributed by atoms with E-state index in [9.17, 15) is 0 Å². The molecule has 0 spiro atoms. The van der Waals surface area contributed by atoms with Crippen LogP contribution in [0, 0.1) is 0 Å². The molecule has 5 rings (SSSR count). The van der Waals surface area contributed by atoms with Gasteiger partial charge in [-0.25, -0.2) is 4.98 Å². The van der Waals surface area contributed by atoms with Crippen molar-refractivity contribution < 1.29 is 0 Å². The summed E-state index contributed by atoms with van der Waals surface area (Å²) in [6, 6.07) is 10.3. The highest BCUT2D eigenvalue weighted by atomic mass is 15.2. The molecule has 0 radical (unpaired) electrons. The van der Waals surface area contributed by atoms with Gasteiger partial charge >= 0.3 is 0 Å². The van der Waals surface area contributed by atoms with E-state index in [1.807, 2.05) is 42.9 Å². The van der Waals surface area contributed by atoms with Crippen LogP contribution in [0.5, 0.6) is 0 Å². The summed E-state index contributed by atoms with van der Waals surface area (Å²) in [5.41, 5.74) is 10.6. The first-order valence-electron chi connectivity index (χ1n) is 8.99. The highest BCUT2D eigenvalue weighted by Crippen LogP contribution is 2.29. The van der Waals surface area contributed by atoms with Gasteiger partial charge in [-0.1, -0.05) is 0 Å². The van der Waals surface area contributed by atoms with E-state index in [0.29, 0.717) is 0 Å². The van der Waals surface area contributed by atoms with Crippen LogP contribution in [0.3, 0.4) is 0 Å². The summed E-state index contributed by atoms with van der Waals surface area (Å²) in [6.07, 6.45) is 8.26. The molecule has 0 aromatic carbocycles. The molecule has 1 aliphatic rings. The number of aromatic amines is 1. The van der Waals surface area contributed by atoms with Crippen LogP contribution in [0.1, 0.15) is 6.42 Å². The Hall–Kier alpha value is -3.32. The van der Waals surface area contributed by atoms with Gasteiger partial charge in [0.25, 0.3) is 0 Å². The third kappa shape index (κ3) is 2.92. The largest absolute Gasteiger partial charge is 0.355 e. The van der Waals surface area contributed by atoms with Gasteiger partial charge in [0.2, 0.25) is 0 Å². The maximum Gasteiger partial charge on any atom is 0.128 e. The van der Waals surface area contributed by atoms with Crippen LogP contribution in [0.15, 0.2) is 55.1 Å². The molecule has 5 heterocycles. The highest BCUT2D eigenvalue weighted by Gasteiger charge is 2.20. The zero-order valence-corrected chi connectivity index (χ0v) is 14.7. The van der Waals surface area contributed by atoms with Gasteiger partial charge < -0.3 is 10.6 Å². The van der Waals surface area contributed by atoms with Crippen LogP contribution in [-0.2, 0) is 0 Å². The molecular formula is C20H19N7. The summed E-state index contributed by atoms with van der Waals surface area (Å²) in [4.78, 5) is 15.5. The average Bonchev–Trinajstić information content (AvgIpc) is 3.34. The first kappa shape index (κ1) is 15.9. The van der Waals surface area contributed by atoms with E-state index in [0.717, 1.165) is 58.7 Å². The summed E-state index contributed by atoms with van der Waals surface area (Å²) < 4.78 is 0. The number of H-pyrrole nitrogens is 1. The minimum Gasteiger partial charge on any atom is -0.355 e. The average molecular weight is 357 g/mol. The van der Waals surface area contributed by atoms with Crippen molar-refractivity contribution in [3.8, 4) is 22.5 Å². The van der Waals surface area contributed by atoms with Gasteiger partial charge in [0.1, 0.15) is 11.5 Å². The fourth-order valence-electron chi connectivity index (χ4n) is 3.52. The summed E-state index contributed by atoms with van der Waals surface area (Å²) in [7, 11) is 0. The van der Waals surface area contributed by atoms with E-state index in [1.54, 1.807) is 6.20 Å². The van der Waals surface area contributed by atoms with Gasteiger partial charge in [-0.2, -0.15) is 5.10 Å². The zero-order chi connectivity index (χ0) is 18.2. The lowest BCUT2D eigenvalue weighted by Crippen LogP contribution is -2.26. The van der Waals surface area contributed by atoms with Crippen molar-refractivity contribution in [1.29, 1.82) is 0 Å². The lowest BCUT2D eigenvalue weighted by Gasteiger charge is -2.16. The molecule has 0 saturated carbocycles. The number of nitrogens with two attached hydrogens (primary N) is 1. The number of fused-ring (bicyclic) bond motifs is 1. The normalized spacial score (nSPS) is 16.9. The lowest BCUT2D eigenvalue weighted by atomic mass is 10.1. The SMILES string of the molecule is N[C@@H]1CCN(c2ccc(-c3n[nH]c4cnc(-c5cccnc5)cc34)cn2)C1. The van der Waals surface area contributed by atoms with E-state index in [-0.39, 0.29) is 6.04 Å². The second-order valence-electron chi connectivity index (χ2n) is 6.83. The Balaban J connectivity index is 1.51. The molecule has 0 bridgehead atoms. The minimum absolute atomic E-state index is 0.236. The molecule has 0 aliphatic carbocycles. The summed E-state index contributed by atoms with van der Waals surface area (Å²) in [5.74, 6) is 0.962. The molecule has 1 atom stereocenters. The number of pyridine rings is 3. The Labute approximate surface area is 156 Å². The van der Waals surface area contributed by atoms with Crippen molar-refractivity contribution in [2.75, 3.05) is 18.0 Å². The van der Waals surface area contributed by atoms with E-state index >= 15 is 0 Å². The molecule has 134 valence electrons.